The van der Waals surface area contributed by atoms with Crippen LogP contribution in [0.5, 0.6) is 0 Å². The van der Waals surface area contributed by atoms with Gasteiger partial charge in [-0.3, -0.25) is 9.69 Å². The number of hydrogen-bond donors (Lipinski definition) is 0. The first-order valence-corrected chi connectivity index (χ1v) is 10.1. The van der Waals surface area contributed by atoms with E-state index in [1.54, 1.807) is 11.9 Å². The Morgan fingerprint density at radius 2 is 1.93 bits per heavy atom. The van der Waals surface area contributed by atoms with Crippen LogP contribution in [0.25, 0.3) is 0 Å². The summed E-state index contributed by atoms with van der Waals surface area (Å²) in [7, 11) is 1.81. The molecule has 2 fully saturated rings. The van der Waals surface area contributed by atoms with E-state index >= 15 is 0 Å². The second-order valence-electron chi connectivity index (χ2n) is 8.08. The number of benzene rings is 1. The zero-order valence-corrected chi connectivity index (χ0v) is 16.7. The van der Waals surface area contributed by atoms with Gasteiger partial charge in [0.15, 0.2) is 0 Å². The summed E-state index contributed by atoms with van der Waals surface area (Å²) in [6.45, 7) is 5.16. The molecule has 0 radical (unpaired) electrons. The second-order valence-corrected chi connectivity index (χ2v) is 8.08. The molecule has 3 unspecified atom stereocenters. The van der Waals surface area contributed by atoms with Crippen LogP contribution in [0.4, 0.5) is 0 Å². The number of rotatable bonds is 4. The summed E-state index contributed by atoms with van der Waals surface area (Å²) < 4.78 is 6.10. The minimum absolute atomic E-state index is 0.0332. The lowest BCUT2D eigenvalue weighted by atomic mass is 9.81. The van der Waals surface area contributed by atoms with Gasteiger partial charge < -0.3 is 9.64 Å². The van der Waals surface area contributed by atoms with Crippen molar-refractivity contribution >= 4 is 5.91 Å². The van der Waals surface area contributed by atoms with Gasteiger partial charge in [-0.1, -0.05) is 49.6 Å². The highest BCUT2D eigenvalue weighted by Crippen LogP contribution is 2.34. The predicted octanol–water partition coefficient (Wildman–Crippen LogP) is 3.52. The van der Waals surface area contributed by atoms with Gasteiger partial charge in [0, 0.05) is 19.1 Å². The fourth-order valence-corrected chi connectivity index (χ4v) is 4.53. The first-order valence-electron chi connectivity index (χ1n) is 10.1. The zero-order valence-electron chi connectivity index (χ0n) is 16.7. The number of morpholine rings is 1. The zero-order chi connectivity index (χ0) is 19.4. The SMILES string of the molecule is CC1COC(c2ccccc2)C(C)N1CC(=O)N(C)C1(C#N)CCCCC1. The summed E-state index contributed by atoms with van der Waals surface area (Å²) in [6.07, 6.45) is 4.72. The third-order valence-corrected chi connectivity index (χ3v) is 6.40. The summed E-state index contributed by atoms with van der Waals surface area (Å²) >= 11 is 0. The highest BCUT2D eigenvalue weighted by atomic mass is 16.5. The number of carbonyl (C=O) groups excluding carboxylic acids is 1. The fourth-order valence-electron chi connectivity index (χ4n) is 4.53. The Bertz CT molecular complexity index is 679. The van der Waals surface area contributed by atoms with Crippen molar-refractivity contribution in [2.75, 3.05) is 20.2 Å². The van der Waals surface area contributed by atoms with E-state index in [1.165, 1.54) is 0 Å². The molecule has 1 amide bonds. The third-order valence-electron chi connectivity index (χ3n) is 6.40. The number of hydrogen-bond acceptors (Lipinski definition) is 4. The molecular weight excluding hydrogens is 338 g/mol. The van der Waals surface area contributed by atoms with E-state index < -0.39 is 5.54 Å². The molecule has 0 aromatic heterocycles. The summed E-state index contributed by atoms with van der Waals surface area (Å²) in [5.41, 5.74) is 0.510. The average Bonchev–Trinajstić information content (AvgIpc) is 2.71. The van der Waals surface area contributed by atoms with Crippen LogP contribution in [0.15, 0.2) is 30.3 Å². The Kier molecular flexibility index (Phi) is 6.18. The Balaban J connectivity index is 1.72. The third kappa shape index (κ3) is 4.02. The number of amides is 1. The van der Waals surface area contributed by atoms with Crippen LogP contribution < -0.4 is 0 Å². The van der Waals surface area contributed by atoms with Crippen LogP contribution in [0.1, 0.15) is 57.6 Å². The van der Waals surface area contributed by atoms with Crippen molar-refractivity contribution in [1.29, 1.82) is 5.26 Å². The van der Waals surface area contributed by atoms with Gasteiger partial charge in [-0.25, -0.2) is 0 Å². The molecule has 2 aliphatic rings. The molecule has 1 saturated heterocycles. The summed E-state index contributed by atoms with van der Waals surface area (Å²) in [5, 5.41) is 9.78. The molecule has 0 bridgehead atoms. The maximum atomic E-state index is 13.1. The molecule has 1 aliphatic heterocycles. The molecule has 3 rings (SSSR count). The van der Waals surface area contributed by atoms with Gasteiger partial charge in [-0.05, 0) is 32.3 Å². The van der Waals surface area contributed by atoms with Crippen LogP contribution in [0, 0.1) is 11.3 Å². The molecule has 1 aromatic rings. The normalized spacial score (nSPS) is 28.3. The van der Waals surface area contributed by atoms with Gasteiger partial charge in [0.2, 0.25) is 5.91 Å². The smallest absolute Gasteiger partial charge is 0.237 e. The minimum Gasteiger partial charge on any atom is -0.370 e. The fraction of sp³-hybridized carbons (Fsp3) is 0.636. The van der Waals surface area contributed by atoms with E-state index in [9.17, 15) is 10.1 Å². The number of carbonyl (C=O) groups is 1. The molecule has 1 heterocycles. The second kappa shape index (κ2) is 8.41. The number of nitriles is 1. The quantitative estimate of drug-likeness (QED) is 0.815. The molecule has 0 spiro atoms. The van der Waals surface area contributed by atoms with Crippen LogP contribution in [0.2, 0.25) is 0 Å². The van der Waals surface area contributed by atoms with E-state index in [1.807, 2.05) is 18.2 Å². The lowest BCUT2D eigenvalue weighted by Crippen LogP contribution is -2.57. The number of nitrogens with zero attached hydrogens (tertiary/aromatic N) is 3. The van der Waals surface area contributed by atoms with E-state index in [0.29, 0.717) is 13.2 Å². The standard InChI is InChI=1S/C22H31N3O2/c1-17-15-27-21(19-10-6-4-7-11-19)18(2)25(17)14-20(26)24(3)22(16-23)12-8-5-9-13-22/h4,6-7,10-11,17-18,21H,5,8-9,12-15H2,1-3H3. The van der Waals surface area contributed by atoms with E-state index in [4.69, 9.17) is 4.74 Å². The van der Waals surface area contributed by atoms with Crippen molar-refractivity contribution in [1.82, 2.24) is 9.80 Å². The first kappa shape index (κ1) is 19.9. The Morgan fingerprint density at radius 1 is 1.26 bits per heavy atom. The lowest BCUT2D eigenvalue weighted by molar-refractivity contribution is -0.144. The molecule has 1 aromatic carbocycles. The van der Waals surface area contributed by atoms with Gasteiger partial charge in [0.25, 0.3) is 0 Å². The molecule has 1 aliphatic carbocycles. The molecule has 3 atom stereocenters. The summed E-state index contributed by atoms with van der Waals surface area (Å²) in [4.78, 5) is 17.1. The Labute approximate surface area is 162 Å². The Morgan fingerprint density at radius 3 is 2.56 bits per heavy atom. The van der Waals surface area contributed by atoms with Gasteiger partial charge in [0.1, 0.15) is 5.54 Å². The summed E-state index contributed by atoms with van der Waals surface area (Å²) in [6, 6.07) is 12.9. The number of ether oxygens (including phenoxy) is 1. The molecule has 5 heteroatoms. The van der Waals surface area contributed by atoms with Crippen LogP contribution in [0.3, 0.4) is 0 Å². The highest BCUT2D eigenvalue weighted by Gasteiger charge is 2.41. The lowest BCUT2D eigenvalue weighted by Gasteiger charge is -2.45. The Hall–Kier alpha value is -1.90. The highest BCUT2D eigenvalue weighted by molar-refractivity contribution is 5.79. The largest absolute Gasteiger partial charge is 0.370 e. The van der Waals surface area contributed by atoms with E-state index in [2.05, 4.69) is 36.9 Å². The van der Waals surface area contributed by atoms with Crippen molar-refractivity contribution in [3.05, 3.63) is 35.9 Å². The molecule has 27 heavy (non-hydrogen) atoms. The maximum absolute atomic E-state index is 13.1. The van der Waals surface area contributed by atoms with E-state index in [0.717, 1.165) is 37.7 Å². The maximum Gasteiger partial charge on any atom is 0.237 e. The van der Waals surface area contributed by atoms with Crippen LogP contribution in [-0.4, -0.2) is 53.5 Å². The van der Waals surface area contributed by atoms with Gasteiger partial charge in [-0.15, -0.1) is 0 Å². The van der Waals surface area contributed by atoms with Crippen molar-refractivity contribution in [2.24, 2.45) is 0 Å². The van der Waals surface area contributed by atoms with Crippen LogP contribution in [-0.2, 0) is 9.53 Å². The molecular formula is C22H31N3O2. The van der Waals surface area contributed by atoms with Crippen molar-refractivity contribution in [3.63, 3.8) is 0 Å². The van der Waals surface area contributed by atoms with E-state index in [-0.39, 0.29) is 24.1 Å². The topological polar surface area (TPSA) is 56.6 Å². The van der Waals surface area contributed by atoms with Gasteiger partial charge in [-0.2, -0.15) is 5.26 Å². The molecule has 0 N–H and O–H groups in total. The predicted molar refractivity (Wildman–Crippen MR) is 105 cm³/mol. The molecule has 5 nitrogen and oxygen atoms in total. The van der Waals surface area contributed by atoms with Crippen LogP contribution >= 0.6 is 0 Å². The van der Waals surface area contributed by atoms with Gasteiger partial charge in [0.05, 0.1) is 25.3 Å². The monoisotopic (exact) mass is 369 g/mol. The minimum atomic E-state index is -0.632. The average molecular weight is 370 g/mol. The van der Waals surface area contributed by atoms with Crippen molar-refractivity contribution in [3.8, 4) is 6.07 Å². The first-order chi connectivity index (χ1) is 13.0. The van der Waals surface area contributed by atoms with Crippen molar-refractivity contribution < 1.29 is 9.53 Å². The van der Waals surface area contributed by atoms with Crippen molar-refractivity contribution in [2.45, 2.75) is 69.7 Å². The van der Waals surface area contributed by atoms with Gasteiger partial charge >= 0.3 is 0 Å². The number of likely N-dealkylation sites (N-methyl/N-ethyl adjacent to an activating group) is 1. The summed E-state index contributed by atoms with van der Waals surface area (Å²) in [5.74, 6) is 0.0332. The molecule has 1 saturated carbocycles. The molecule has 146 valence electrons.